The maximum Gasteiger partial charge on any atom is 0.100 e. The summed E-state index contributed by atoms with van der Waals surface area (Å²) >= 11 is 0. The van der Waals surface area contributed by atoms with Crippen molar-refractivity contribution in [1.82, 2.24) is 0 Å². The van der Waals surface area contributed by atoms with Crippen LogP contribution < -0.4 is 0 Å². The van der Waals surface area contributed by atoms with Gasteiger partial charge in [0.05, 0.1) is 50.8 Å². The number of aliphatic hydroxyl groups is 5. The van der Waals surface area contributed by atoms with Crippen molar-refractivity contribution >= 4 is 0 Å². The first-order chi connectivity index (χ1) is 8.56. The number of hydrogen-bond donors (Lipinski definition) is 5. The van der Waals surface area contributed by atoms with Gasteiger partial charge in [0.15, 0.2) is 0 Å². The van der Waals surface area contributed by atoms with E-state index in [0.717, 1.165) is 13.2 Å². The van der Waals surface area contributed by atoms with Crippen molar-refractivity contribution in [3.05, 3.63) is 0 Å². The van der Waals surface area contributed by atoms with Gasteiger partial charge < -0.3 is 35.0 Å². The molecule has 0 aromatic carbocycles. The SMILES string of the molecule is OC(CC1CO1)C(O)CC1CO1.OCC(O)CO. The molecular weight excluding hydrogens is 244 g/mol. The molecule has 0 spiro atoms. The molecule has 7 heteroatoms. The standard InChI is InChI=1S/C8H14O4.C3H8O3/c9-7(1-5-3-11-5)8(10)2-6-4-12-6;4-1-3(6)2-5/h5-10H,1-4H2;3-6H,1-2H2. The minimum atomic E-state index is -0.954. The van der Waals surface area contributed by atoms with Gasteiger partial charge in [0.25, 0.3) is 0 Å². The lowest BCUT2D eigenvalue weighted by atomic mass is 10.0. The molecule has 2 saturated heterocycles. The van der Waals surface area contributed by atoms with Crippen molar-refractivity contribution in [3.63, 3.8) is 0 Å². The third-order valence-corrected chi connectivity index (χ3v) is 2.68. The van der Waals surface area contributed by atoms with Gasteiger partial charge in [0.1, 0.15) is 6.10 Å². The number of epoxide rings is 2. The van der Waals surface area contributed by atoms with Gasteiger partial charge in [-0.05, 0) is 0 Å². The van der Waals surface area contributed by atoms with Crippen LogP contribution in [0.4, 0.5) is 0 Å². The second kappa shape index (κ2) is 8.00. The Hall–Kier alpha value is -0.280. The van der Waals surface area contributed by atoms with Crippen molar-refractivity contribution < 1.29 is 35.0 Å². The highest BCUT2D eigenvalue weighted by molar-refractivity contribution is 4.82. The van der Waals surface area contributed by atoms with E-state index in [9.17, 15) is 10.2 Å². The minimum absolute atomic E-state index is 0.176. The number of aliphatic hydroxyl groups excluding tert-OH is 5. The molecule has 108 valence electrons. The molecule has 0 aromatic rings. The first kappa shape index (κ1) is 15.8. The molecule has 2 heterocycles. The molecule has 7 nitrogen and oxygen atoms in total. The van der Waals surface area contributed by atoms with Gasteiger partial charge in [-0.3, -0.25) is 0 Å². The molecule has 0 aromatic heterocycles. The maximum absolute atomic E-state index is 9.42. The van der Waals surface area contributed by atoms with E-state index >= 15 is 0 Å². The molecule has 0 radical (unpaired) electrons. The second-order valence-corrected chi connectivity index (χ2v) is 4.54. The fourth-order valence-electron chi connectivity index (χ4n) is 1.32. The minimum Gasteiger partial charge on any atom is -0.394 e. The zero-order chi connectivity index (χ0) is 13.5. The van der Waals surface area contributed by atoms with Gasteiger partial charge >= 0.3 is 0 Å². The van der Waals surface area contributed by atoms with E-state index < -0.39 is 18.3 Å². The van der Waals surface area contributed by atoms with Crippen LogP contribution in [-0.2, 0) is 9.47 Å². The fourth-order valence-corrected chi connectivity index (χ4v) is 1.32. The van der Waals surface area contributed by atoms with Gasteiger partial charge in [-0.15, -0.1) is 0 Å². The normalized spacial score (nSPS) is 28.3. The Labute approximate surface area is 106 Å². The molecule has 5 N–H and O–H groups in total. The Bertz CT molecular complexity index is 195. The Morgan fingerprint density at radius 1 is 0.833 bits per heavy atom. The molecule has 0 amide bonds. The van der Waals surface area contributed by atoms with Crippen LogP contribution in [0, 0.1) is 0 Å². The Kier molecular flexibility index (Phi) is 7.02. The lowest BCUT2D eigenvalue weighted by molar-refractivity contribution is 0.00212. The summed E-state index contributed by atoms with van der Waals surface area (Å²) in [5.74, 6) is 0. The van der Waals surface area contributed by atoms with Crippen LogP contribution >= 0.6 is 0 Å². The van der Waals surface area contributed by atoms with Crippen LogP contribution in [0.1, 0.15) is 12.8 Å². The first-order valence-electron chi connectivity index (χ1n) is 6.06. The summed E-state index contributed by atoms with van der Waals surface area (Å²) in [6, 6.07) is 0. The average molecular weight is 266 g/mol. The van der Waals surface area contributed by atoms with Crippen molar-refractivity contribution in [2.45, 2.75) is 43.4 Å². The molecule has 4 atom stereocenters. The topological polar surface area (TPSA) is 126 Å². The Morgan fingerprint density at radius 3 is 1.33 bits per heavy atom. The lowest BCUT2D eigenvalue weighted by Gasteiger charge is -2.15. The molecule has 4 unspecified atom stereocenters. The summed E-state index contributed by atoms with van der Waals surface area (Å²) in [5, 5.41) is 42.9. The largest absolute Gasteiger partial charge is 0.394 e. The van der Waals surface area contributed by atoms with Crippen LogP contribution in [0.15, 0.2) is 0 Å². The highest BCUT2D eigenvalue weighted by Crippen LogP contribution is 2.22. The third-order valence-electron chi connectivity index (χ3n) is 2.68. The summed E-state index contributed by atoms with van der Waals surface area (Å²) in [6.07, 6.45) is -0.806. The summed E-state index contributed by atoms with van der Waals surface area (Å²) in [4.78, 5) is 0. The summed E-state index contributed by atoms with van der Waals surface area (Å²) < 4.78 is 9.90. The Morgan fingerprint density at radius 2 is 1.17 bits per heavy atom. The van der Waals surface area contributed by atoms with E-state index in [2.05, 4.69) is 0 Å². The summed E-state index contributed by atoms with van der Waals surface area (Å²) in [6.45, 7) is 0.723. The number of hydrogen-bond acceptors (Lipinski definition) is 7. The van der Waals surface area contributed by atoms with Crippen molar-refractivity contribution in [2.75, 3.05) is 26.4 Å². The maximum atomic E-state index is 9.42. The summed E-state index contributed by atoms with van der Waals surface area (Å²) in [7, 11) is 0. The third kappa shape index (κ3) is 7.22. The van der Waals surface area contributed by atoms with Crippen LogP contribution in [-0.4, -0.2) is 82.5 Å². The van der Waals surface area contributed by atoms with E-state index in [1.54, 1.807) is 0 Å². The molecule has 18 heavy (non-hydrogen) atoms. The van der Waals surface area contributed by atoms with E-state index in [1.807, 2.05) is 0 Å². The average Bonchev–Trinajstić information content (AvgIpc) is 3.24. The monoisotopic (exact) mass is 266 g/mol. The predicted octanol–water partition coefficient (Wildman–Crippen LogP) is -2.38. The molecule has 0 bridgehead atoms. The second-order valence-electron chi connectivity index (χ2n) is 4.54. The van der Waals surface area contributed by atoms with Crippen LogP contribution in [0.3, 0.4) is 0 Å². The lowest BCUT2D eigenvalue weighted by Crippen LogP contribution is -2.28. The van der Waals surface area contributed by atoms with Gasteiger partial charge in [0.2, 0.25) is 0 Å². The van der Waals surface area contributed by atoms with E-state index in [0.29, 0.717) is 12.8 Å². The highest BCUT2D eigenvalue weighted by atomic mass is 16.6. The fraction of sp³-hybridized carbons (Fsp3) is 1.00. The highest BCUT2D eigenvalue weighted by Gasteiger charge is 2.33. The molecule has 0 saturated carbocycles. The zero-order valence-corrected chi connectivity index (χ0v) is 10.2. The smallest absolute Gasteiger partial charge is 0.100 e. The molecule has 2 fully saturated rings. The predicted molar refractivity (Wildman–Crippen MR) is 60.9 cm³/mol. The van der Waals surface area contributed by atoms with E-state index in [1.165, 1.54) is 0 Å². The van der Waals surface area contributed by atoms with E-state index in [-0.39, 0.29) is 25.4 Å². The van der Waals surface area contributed by atoms with Crippen LogP contribution in [0.5, 0.6) is 0 Å². The van der Waals surface area contributed by atoms with E-state index in [4.69, 9.17) is 24.8 Å². The van der Waals surface area contributed by atoms with Gasteiger partial charge in [-0.2, -0.15) is 0 Å². The Balaban J connectivity index is 0.000000232. The van der Waals surface area contributed by atoms with Crippen molar-refractivity contribution in [1.29, 1.82) is 0 Å². The van der Waals surface area contributed by atoms with Gasteiger partial charge in [-0.25, -0.2) is 0 Å². The van der Waals surface area contributed by atoms with Gasteiger partial charge in [-0.1, -0.05) is 0 Å². The number of ether oxygens (including phenoxy) is 2. The molecular formula is C11H22O7. The summed E-state index contributed by atoms with van der Waals surface area (Å²) in [5.41, 5.74) is 0. The first-order valence-corrected chi connectivity index (χ1v) is 6.06. The van der Waals surface area contributed by atoms with Crippen LogP contribution in [0.2, 0.25) is 0 Å². The molecule has 2 aliphatic heterocycles. The number of rotatable bonds is 7. The molecule has 2 aliphatic rings. The quantitative estimate of drug-likeness (QED) is 0.326. The van der Waals surface area contributed by atoms with Crippen molar-refractivity contribution in [3.8, 4) is 0 Å². The molecule has 0 aliphatic carbocycles. The zero-order valence-electron chi connectivity index (χ0n) is 10.2. The van der Waals surface area contributed by atoms with Crippen molar-refractivity contribution in [2.24, 2.45) is 0 Å². The molecule has 2 rings (SSSR count). The van der Waals surface area contributed by atoms with Crippen LogP contribution in [0.25, 0.3) is 0 Å². The van der Waals surface area contributed by atoms with Gasteiger partial charge in [0, 0.05) is 12.8 Å².